The Labute approximate surface area is 110 Å². The van der Waals surface area contributed by atoms with E-state index in [1.54, 1.807) is 7.11 Å². The molecule has 92 valence electrons. The zero-order valence-electron chi connectivity index (χ0n) is 9.70. The lowest BCUT2D eigenvalue weighted by atomic mass is 10.3. The number of rotatable bonds is 5. The van der Waals surface area contributed by atoms with Crippen LogP contribution in [0.25, 0.3) is 11.0 Å². The van der Waals surface area contributed by atoms with Crippen molar-refractivity contribution >= 4 is 34.9 Å². The second-order valence-corrected chi connectivity index (χ2v) is 4.71. The topological polar surface area (TPSA) is 29.9 Å². The van der Waals surface area contributed by atoms with E-state index in [4.69, 9.17) is 28.6 Å². The molecule has 0 atom stereocenters. The van der Waals surface area contributed by atoms with Crippen LogP contribution in [-0.4, -0.2) is 23.3 Å². The molecule has 1 heterocycles. The first kappa shape index (κ1) is 12.6. The van der Waals surface area contributed by atoms with Crippen molar-refractivity contribution in [3.8, 4) is 0 Å². The van der Waals surface area contributed by atoms with Crippen molar-refractivity contribution in [3.63, 3.8) is 0 Å². The molecule has 0 aliphatic heterocycles. The van der Waals surface area contributed by atoms with Crippen molar-refractivity contribution in [3.05, 3.63) is 28.0 Å². The molecule has 0 unspecified atom stereocenters. The first-order chi connectivity index (χ1) is 8.24. The molecule has 0 bridgehead atoms. The van der Waals surface area contributed by atoms with Gasteiger partial charge >= 0.3 is 0 Å². The number of para-hydroxylation sites is 1. The number of aromatic nitrogens is 2. The fraction of sp³-hybridized carbons (Fsp3) is 0.417. The summed E-state index contributed by atoms with van der Waals surface area (Å²) in [5.74, 6) is 0. The summed E-state index contributed by atoms with van der Waals surface area (Å²) in [5.41, 5.74) is 1.99. The lowest BCUT2D eigenvalue weighted by Gasteiger charge is -2.04. The number of aryl methyl sites for hydroxylation is 1. The van der Waals surface area contributed by atoms with Crippen LogP contribution in [0.3, 0.4) is 0 Å². The summed E-state index contributed by atoms with van der Waals surface area (Å²) in [7, 11) is 1.72. The number of H-pyrrole nitrogens is 1. The predicted octanol–water partition coefficient (Wildman–Crippen LogP) is 3.78. The van der Waals surface area contributed by atoms with Gasteiger partial charge in [-0.15, -0.1) is 0 Å². The molecule has 17 heavy (non-hydrogen) atoms. The number of nitrogens with zero attached hydrogens (tertiary/aromatic N) is 1. The fourth-order valence-corrected chi connectivity index (χ4v) is 2.39. The van der Waals surface area contributed by atoms with E-state index in [1.807, 2.05) is 18.2 Å². The highest BCUT2D eigenvalue weighted by atomic mass is 35.5. The number of nitrogens with one attached hydrogen (secondary N) is 1. The van der Waals surface area contributed by atoms with Gasteiger partial charge in [-0.2, -0.15) is 0 Å². The smallest absolute Gasteiger partial charge is 0.178 e. The molecule has 2 rings (SSSR count). The first-order valence-corrected chi connectivity index (χ1v) is 6.38. The highest BCUT2D eigenvalue weighted by Gasteiger charge is 2.06. The van der Waals surface area contributed by atoms with Crippen LogP contribution in [0.15, 0.2) is 18.2 Å². The van der Waals surface area contributed by atoms with Crippen molar-refractivity contribution < 1.29 is 4.74 Å². The van der Waals surface area contributed by atoms with E-state index < -0.39 is 0 Å². The monoisotopic (exact) mass is 270 g/mol. The molecule has 1 N–H and O–H groups in total. The SMILES string of the molecule is COCCCCn1c(=S)[nH]c2c(Cl)cccc21. The second-order valence-electron chi connectivity index (χ2n) is 3.92. The maximum atomic E-state index is 6.12. The number of fused-ring (bicyclic) bond motifs is 1. The van der Waals surface area contributed by atoms with Crippen molar-refractivity contribution in [1.82, 2.24) is 9.55 Å². The summed E-state index contributed by atoms with van der Waals surface area (Å²) < 4.78 is 7.85. The average Bonchev–Trinajstić information content (AvgIpc) is 2.63. The molecule has 0 aliphatic rings. The Morgan fingerprint density at radius 2 is 2.24 bits per heavy atom. The summed E-state index contributed by atoms with van der Waals surface area (Å²) >= 11 is 11.4. The summed E-state index contributed by atoms with van der Waals surface area (Å²) in [4.78, 5) is 3.15. The number of hydrogen-bond acceptors (Lipinski definition) is 2. The average molecular weight is 271 g/mol. The molecule has 0 aliphatic carbocycles. The van der Waals surface area contributed by atoms with Gasteiger partial charge in [-0.25, -0.2) is 0 Å². The van der Waals surface area contributed by atoms with E-state index in [2.05, 4.69) is 9.55 Å². The number of ether oxygens (including phenoxy) is 1. The Morgan fingerprint density at radius 3 is 3.00 bits per heavy atom. The number of hydrogen-bond donors (Lipinski definition) is 1. The zero-order valence-corrected chi connectivity index (χ0v) is 11.3. The van der Waals surface area contributed by atoms with Crippen LogP contribution >= 0.6 is 23.8 Å². The molecule has 0 saturated carbocycles. The Balaban J connectivity index is 2.25. The van der Waals surface area contributed by atoms with Gasteiger partial charge in [0.05, 0.1) is 16.1 Å². The maximum absolute atomic E-state index is 6.12. The van der Waals surface area contributed by atoms with Crippen LogP contribution in [-0.2, 0) is 11.3 Å². The van der Waals surface area contributed by atoms with E-state index in [0.29, 0.717) is 5.02 Å². The molecule has 5 heteroatoms. The summed E-state index contributed by atoms with van der Waals surface area (Å²) in [6.45, 7) is 1.68. The van der Waals surface area contributed by atoms with E-state index in [9.17, 15) is 0 Å². The molecule has 3 nitrogen and oxygen atoms in total. The van der Waals surface area contributed by atoms with E-state index in [-0.39, 0.29) is 0 Å². The molecular formula is C12H15ClN2OS. The quantitative estimate of drug-likeness (QED) is 0.662. The molecule has 0 amide bonds. The van der Waals surface area contributed by atoms with Crippen molar-refractivity contribution in [2.45, 2.75) is 19.4 Å². The van der Waals surface area contributed by atoms with E-state index >= 15 is 0 Å². The van der Waals surface area contributed by atoms with Crippen LogP contribution in [0.1, 0.15) is 12.8 Å². The molecule has 2 aromatic rings. The molecular weight excluding hydrogens is 256 g/mol. The minimum atomic E-state index is 0.712. The highest BCUT2D eigenvalue weighted by molar-refractivity contribution is 7.71. The minimum Gasteiger partial charge on any atom is -0.385 e. The standard InChI is InChI=1S/C12H15ClN2OS/c1-16-8-3-2-7-15-10-6-4-5-9(13)11(10)14-12(15)17/h4-6H,2-3,7-8H2,1H3,(H,14,17). The Hall–Kier alpha value is -0.840. The number of benzene rings is 1. The van der Waals surface area contributed by atoms with Crippen molar-refractivity contribution in [1.29, 1.82) is 0 Å². The predicted molar refractivity (Wildman–Crippen MR) is 73.2 cm³/mol. The molecule has 1 aromatic heterocycles. The largest absolute Gasteiger partial charge is 0.385 e. The number of halogens is 1. The first-order valence-electron chi connectivity index (χ1n) is 5.60. The molecule has 0 fully saturated rings. The fourth-order valence-electron chi connectivity index (χ4n) is 1.88. The third kappa shape index (κ3) is 2.70. The molecule has 1 aromatic carbocycles. The second kappa shape index (κ2) is 5.67. The van der Waals surface area contributed by atoms with Crippen LogP contribution in [0.4, 0.5) is 0 Å². The zero-order chi connectivity index (χ0) is 12.3. The third-order valence-electron chi connectivity index (χ3n) is 2.74. The van der Waals surface area contributed by atoms with E-state index in [0.717, 1.165) is 41.8 Å². The van der Waals surface area contributed by atoms with Gasteiger partial charge in [0.1, 0.15) is 0 Å². The summed E-state index contributed by atoms with van der Waals surface area (Å²) in [5, 5.41) is 0.712. The van der Waals surface area contributed by atoms with Crippen LogP contribution < -0.4 is 0 Å². The number of unbranched alkanes of at least 4 members (excludes halogenated alkanes) is 1. The van der Waals surface area contributed by atoms with Gasteiger partial charge in [0.25, 0.3) is 0 Å². The number of methoxy groups -OCH3 is 1. The van der Waals surface area contributed by atoms with Crippen LogP contribution in [0, 0.1) is 4.77 Å². The lowest BCUT2D eigenvalue weighted by molar-refractivity contribution is 0.191. The molecule has 0 spiro atoms. The Kier molecular flexibility index (Phi) is 4.20. The number of aromatic amines is 1. The maximum Gasteiger partial charge on any atom is 0.178 e. The summed E-state index contributed by atoms with van der Waals surface area (Å²) in [6, 6.07) is 5.84. The normalized spacial score (nSPS) is 11.2. The molecule has 0 radical (unpaired) electrons. The van der Waals surface area contributed by atoms with E-state index in [1.165, 1.54) is 0 Å². The third-order valence-corrected chi connectivity index (χ3v) is 3.38. The van der Waals surface area contributed by atoms with Gasteiger partial charge in [-0.05, 0) is 37.2 Å². The van der Waals surface area contributed by atoms with Crippen LogP contribution in [0.5, 0.6) is 0 Å². The van der Waals surface area contributed by atoms with Gasteiger partial charge in [0.2, 0.25) is 0 Å². The Morgan fingerprint density at radius 1 is 1.41 bits per heavy atom. The number of imidazole rings is 1. The van der Waals surface area contributed by atoms with Crippen molar-refractivity contribution in [2.75, 3.05) is 13.7 Å². The van der Waals surface area contributed by atoms with Gasteiger partial charge in [0.15, 0.2) is 4.77 Å². The van der Waals surface area contributed by atoms with Gasteiger partial charge in [-0.3, -0.25) is 0 Å². The minimum absolute atomic E-state index is 0.712. The van der Waals surface area contributed by atoms with Crippen molar-refractivity contribution in [2.24, 2.45) is 0 Å². The highest BCUT2D eigenvalue weighted by Crippen LogP contribution is 2.22. The lowest BCUT2D eigenvalue weighted by Crippen LogP contribution is -1.99. The van der Waals surface area contributed by atoms with Gasteiger partial charge in [0, 0.05) is 20.3 Å². The molecule has 0 saturated heterocycles. The van der Waals surface area contributed by atoms with Gasteiger partial charge in [-0.1, -0.05) is 17.7 Å². The van der Waals surface area contributed by atoms with Crippen LogP contribution in [0.2, 0.25) is 5.02 Å². The summed E-state index contributed by atoms with van der Waals surface area (Å²) in [6.07, 6.45) is 2.08. The van der Waals surface area contributed by atoms with Gasteiger partial charge < -0.3 is 14.3 Å². The Bertz CT molecular complexity index is 561.